The Morgan fingerprint density at radius 2 is 2.03 bits per heavy atom. The number of ether oxygens (including phenoxy) is 1. The quantitative estimate of drug-likeness (QED) is 0.328. The van der Waals surface area contributed by atoms with E-state index in [4.69, 9.17) is 4.74 Å². The monoisotopic (exact) mass is 507 g/mol. The molecule has 29 heavy (non-hydrogen) atoms. The van der Waals surface area contributed by atoms with Gasteiger partial charge < -0.3 is 4.74 Å². The number of hydrazone groups is 2. The molecule has 10 nitrogen and oxygen atoms in total. The first-order valence-corrected chi connectivity index (χ1v) is 9.60. The molecule has 1 aliphatic rings. The highest BCUT2D eigenvalue weighted by Gasteiger charge is 2.20. The molecular formula is C18H18IN7O3. The van der Waals surface area contributed by atoms with E-state index in [9.17, 15) is 9.59 Å². The summed E-state index contributed by atoms with van der Waals surface area (Å²) in [5.74, 6) is 1.14. The van der Waals surface area contributed by atoms with E-state index >= 15 is 0 Å². The van der Waals surface area contributed by atoms with Crippen LogP contribution in [0.2, 0.25) is 0 Å². The fourth-order valence-corrected chi connectivity index (χ4v) is 2.61. The maximum absolute atomic E-state index is 12.0. The number of aromatic nitrogens is 1. The molecule has 1 aliphatic heterocycles. The molecule has 0 unspecified atom stereocenters. The lowest BCUT2D eigenvalue weighted by Gasteiger charge is -2.25. The van der Waals surface area contributed by atoms with Crippen molar-refractivity contribution in [1.29, 1.82) is 0 Å². The highest BCUT2D eigenvalue weighted by Crippen LogP contribution is 2.20. The van der Waals surface area contributed by atoms with Gasteiger partial charge in [0.15, 0.2) is 0 Å². The number of benzene rings is 1. The van der Waals surface area contributed by atoms with Gasteiger partial charge in [-0.3, -0.25) is 0 Å². The molecule has 0 spiro atoms. The molecule has 0 atom stereocenters. The van der Waals surface area contributed by atoms with Gasteiger partial charge in [0.2, 0.25) is 5.88 Å². The number of hydrazine groups is 1. The molecule has 1 aromatic carbocycles. The van der Waals surface area contributed by atoms with Gasteiger partial charge in [-0.05, 0) is 66.8 Å². The molecule has 2 heterocycles. The van der Waals surface area contributed by atoms with E-state index in [0.717, 1.165) is 8.58 Å². The summed E-state index contributed by atoms with van der Waals surface area (Å²) in [6.07, 6.45) is 1.60. The Hall–Kier alpha value is -3.22. The molecule has 1 aromatic heterocycles. The maximum atomic E-state index is 12.0. The zero-order valence-corrected chi connectivity index (χ0v) is 17.8. The molecule has 0 aliphatic carbocycles. The number of hydrogen-bond donors (Lipinski definition) is 3. The van der Waals surface area contributed by atoms with Crippen molar-refractivity contribution in [3.63, 3.8) is 0 Å². The van der Waals surface area contributed by atoms with Gasteiger partial charge in [-0.1, -0.05) is 0 Å². The predicted octanol–water partition coefficient (Wildman–Crippen LogP) is 2.82. The molecule has 3 rings (SSSR count). The lowest BCUT2D eigenvalue weighted by atomic mass is 10.2. The fraction of sp³-hybridized carbons (Fsp3) is 0.167. The van der Waals surface area contributed by atoms with Crippen molar-refractivity contribution in [2.75, 3.05) is 6.54 Å². The number of carbonyl (C=O) groups excluding carboxylic acids is 2. The minimum atomic E-state index is -0.652. The van der Waals surface area contributed by atoms with E-state index in [-0.39, 0.29) is 6.54 Å². The summed E-state index contributed by atoms with van der Waals surface area (Å²) in [7, 11) is 0. The van der Waals surface area contributed by atoms with Crippen LogP contribution < -0.4 is 21.0 Å². The summed E-state index contributed by atoms with van der Waals surface area (Å²) in [5, 5.41) is 8.89. The summed E-state index contributed by atoms with van der Waals surface area (Å²) >= 11 is 2.22. The van der Waals surface area contributed by atoms with E-state index in [0.29, 0.717) is 28.6 Å². The van der Waals surface area contributed by atoms with Crippen molar-refractivity contribution < 1.29 is 14.3 Å². The number of carbonyl (C=O) groups is 2. The average molecular weight is 507 g/mol. The number of hydrogen-bond acceptors (Lipinski definition) is 6. The van der Waals surface area contributed by atoms with Crippen molar-refractivity contribution in [3.8, 4) is 11.6 Å². The van der Waals surface area contributed by atoms with Crippen LogP contribution in [0.1, 0.15) is 19.4 Å². The number of rotatable bonds is 5. The summed E-state index contributed by atoms with van der Waals surface area (Å²) in [6.45, 7) is 3.64. The van der Waals surface area contributed by atoms with E-state index < -0.39 is 12.1 Å². The molecule has 150 valence electrons. The SMILES string of the molecule is CC1=NNC(=O)N(NC(=O)N/N=C(\C)c2ccc(Oc3ccc(I)cc3)nc2)C1. The van der Waals surface area contributed by atoms with Gasteiger partial charge in [-0.2, -0.15) is 10.2 Å². The number of halogens is 1. The second-order valence-electron chi connectivity index (χ2n) is 6.04. The van der Waals surface area contributed by atoms with E-state index in [1.807, 2.05) is 24.3 Å². The van der Waals surface area contributed by atoms with Gasteiger partial charge in [-0.15, -0.1) is 0 Å². The first-order chi connectivity index (χ1) is 13.9. The van der Waals surface area contributed by atoms with Crippen molar-refractivity contribution >= 4 is 46.1 Å². The molecule has 4 amide bonds. The molecule has 11 heteroatoms. The van der Waals surface area contributed by atoms with Crippen LogP contribution in [0.3, 0.4) is 0 Å². The van der Waals surface area contributed by atoms with Crippen LogP contribution in [0.15, 0.2) is 52.8 Å². The molecule has 0 radical (unpaired) electrons. The Bertz CT molecular complexity index is 958. The maximum Gasteiger partial charge on any atom is 0.356 e. The third kappa shape index (κ3) is 5.88. The van der Waals surface area contributed by atoms with Gasteiger partial charge in [0.1, 0.15) is 5.75 Å². The summed E-state index contributed by atoms with van der Waals surface area (Å²) in [5.41, 5.74) is 8.91. The van der Waals surface area contributed by atoms with Crippen molar-refractivity contribution in [2.45, 2.75) is 13.8 Å². The van der Waals surface area contributed by atoms with Gasteiger partial charge in [-0.25, -0.2) is 35.9 Å². The van der Waals surface area contributed by atoms with E-state index in [2.05, 4.69) is 54.1 Å². The molecular weight excluding hydrogens is 489 g/mol. The molecule has 2 aromatic rings. The largest absolute Gasteiger partial charge is 0.439 e. The second kappa shape index (κ2) is 9.32. The van der Waals surface area contributed by atoms with Gasteiger partial charge in [0.25, 0.3) is 0 Å². The normalized spacial score (nSPS) is 14.0. The van der Waals surface area contributed by atoms with Gasteiger partial charge in [0.05, 0.1) is 18.0 Å². The first kappa shape index (κ1) is 20.5. The molecule has 0 bridgehead atoms. The Labute approximate surface area is 180 Å². The van der Waals surface area contributed by atoms with Gasteiger partial charge in [0, 0.05) is 21.4 Å². The van der Waals surface area contributed by atoms with E-state index in [1.54, 1.807) is 32.2 Å². The fourth-order valence-electron chi connectivity index (χ4n) is 2.25. The Morgan fingerprint density at radius 1 is 1.28 bits per heavy atom. The molecule has 0 fully saturated rings. The zero-order valence-electron chi connectivity index (χ0n) is 15.6. The third-order valence-corrected chi connectivity index (χ3v) is 4.45. The van der Waals surface area contributed by atoms with Crippen LogP contribution in [-0.2, 0) is 0 Å². The van der Waals surface area contributed by atoms with Crippen LogP contribution in [-0.4, -0.2) is 40.0 Å². The number of nitrogens with one attached hydrogen (secondary N) is 3. The molecule has 0 saturated carbocycles. The van der Waals surface area contributed by atoms with Crippen LogP contribution in [0.5, 0.6) is 11.6 Å². The standard InChI is InChI=1S/C18H18IN7O3/c1-11-10-26(18(28)24-21-11)25-17(27)23-22-12(2)13-3-8-16(20-9-13)29-15-6-4-14(19)5-7-15/h3-9H,10H2,1-2H3,(H,24,28)(H2,23,25,27)/b22-12+. The highest BCUT2D eigenvalue weighted by atomic mass is 127. The minimum absolute atomic E-state index is 0.188. The smallest absolute Gasteiger partial charge is 0.356 e. The minimum Gasteiger partial charge on any atom is -0.439 e. The number of amides is 4. The molecule has 3 N–H and O–H groups in total. The van der Waals surface area contributed by atoms with E-state index in [1.165, 1.54) is 0 Å². The molecule has 0 saturated heterocycles. The lowest BCUT2D eigenvalue weighted by Crippen LogP contribution is -2.56. The second-order valence-corrected chi connectivity index (χ2v) is 7.29. The van der Waals surface area contributed by atoms with Crippen molar-refractivity contribution in [3.05, 3.63) is 51.7 Å². The Morgan fingerprint density at radius 3 is 2.72 bits per heavy atom. The Kier molecular flexibility index (Phi) is 6.59. The summed E-state index contributed by atoms with van der Waals surface area (Å²) in [6, 6.07) is 9.93. The average Bonchev–Trinajstić information content (AvgIpc) is 2.71. The summed E-state index contributed by atoms with van der Waals surface area (Å²) in [4.78, 5) is 27.8. The van der Waals surface area contributed by atoms with Crippen LogP contribution in [0.25, 0.3) is 0 Å². The van der Waals surface area contributed by atoms with Crippen LogP contribution in [0, 0.1) is 3.57 Å². The predicted molar refractivity (Wildman–Crippen MR) is 116 cm³/mol. The lowest BCUT2D eigenvalue weighted by molar-refractivity contribution is 0.173. The van der Waals surface area contributed by atoms with Crippen molar-refractivity contribution in [2.24, 2.45) is 10.2 Å². The first-order valence-electron chi connectivity index (χ1n) is 8.52. The third-order valence-electron chi connectivity index (χ3n) is 3.73. The Balaban J connectivity index is 1.55. The summed E-state index contributed by atoms with van der Waals surface area (Å²) < 4.78 is 6.80. The van der Waals surface area contributed by atoms with Crippen molar-refractivity contribution in [1.82, 2.24) is 26.3 Å². The highest BCUT2D eigenvalue weighted by molar-refractivity contribution is 14.1. The number of urea groups is 2. The zero-order chi connectivity index (χ0) is 20.8. The number of pyridine rings is 1. The van der Waals surface area contributed by atoms with Crippen LogP contribution >= 0.6 is 22.6 Å². The van der Waals surface area contributed by atoms with Crippen LogP contribution in [0.4, 0.5) is 9.59 Å². The van der Waals surface area contributed by atoms with Gasteiger partial charge >= 0.3 is 12.1 Å². The number of nitrogens with zero attached hydrogens (tertiary/aromatic N) is 4. The topological polar surface area (TPSA) is 120 Å².